The molecule has 2 rings (SSSR count). The third kappa shape index (κ3) is 3.06. The molecule has 0 N–H and O–H groups in total. The number of carbonyl (C=O) groups is 1. The second-order valence-electron chi connectivity index (χ2n) is 7.86. The van der Waals surface area contributed by atoms with Crippen molar-refractivity contribution in [3.05, 3.63) is 0 Å². The van der Waals surface area contributed by atoms with Crippen LogP contribution in [0, 0.1) is 29.1 Å². The van der Waals surface area contributed by atoms with E-state index in [-0.39, 0.29) is 0 Å². The standard InChI is InChI=1S/C18H32O/c1-13(2)7-5-8-14(3)15-10-11-16-17(19)9-6-12-18(15,16)4/h13-16H,5-12H2,1-4H3. The minimum Gasteiger partial charge on any atom is -0.299 e. The molecule has 0 saturated heterocycles. The Labute approximate surface area is 119 Å². The topological polar surface area (TPSA) is 17.1 Å². The van der Waals surface area contributed by atoms with E-state index in [1.165, 1.54) is 38.5 Å². The van der Waals surface area contributed by atoms with Gasteiger partial charge in [-0.25, -0.2) is 0 Å². The number of ketones is 1. The molecule has 4 atom stereocenters. The Bertz CT molecular complexity index is 320. The lowest BCUT2D eigenvalue weighted by atomic mass is 9.62. The summed E-state index contributed by atoms with van der Waals surface area (Å²) in [6.45, 7) is 9.50. The second kappa shape index (κ2) is 5.97. The fourth-order valence-corrected chi connectivity index (χ4v) is 4.95. The average molecular weight is 264 g/mol. The maximum Gasteiger partial charge on any atom is 0.136 e. The maximum atomic E-state index is 12.2. The number of rotatable bonds is 5. The van der Waals surface area contributed by atoms with Gasteiger partial charge in [0.15, 0.2) is 0 Å². The van der Waals surface area contributed by atoms with Crippen LogP contribution in [-0.4, -0.2) is 5.78 Å². The van der Waals surface area contributed by atoms with Crippen molar-refractivity contribution in [2.75, 3.05) is 0 Å². The van der Waals surface area contributed by atoms with Gasteiger partial charge >= 0.3 is 0 Å². The van der Waals surface area contributed by atoms with Gasteiger partial charge in [-0.2, -0.15) is 0 Å². The van der Waals surface area contributed by atoms with Crippen LogP contribution in [0.3, 0.4) is 0 Å². The van der Waals surface area contributed by atoms with E-state index in [1.54, 1.807) is 0 Å². The van der Waals surface area contributed by atoms with Gasteiger partial charge in [0.25, 0.3) is 0 Å². The summed E-state index contributed by atoms with van der Waals surface area (Å²) in [5.41, 5.74) is 0.340. The van der Waals surface area contributed by atoms with Gasteiger partial charge in [-0.1, -0.05) is 47.0 Å². The highest BCUT2D eigenvalue weighted by Gasteiger charge is 2.52. The molecule has 0 radical (unpaired) electrons. The fraction of sp³-hybridized carbons (Fsp3) is 0.944. The summed E-state index contributed by atoms with van der Waals surface area (Å²) in [5, 5.41) is 0. The molecule has 0 bridgehead atoms. The molecule has 0 aliphatic heterocycles. The van der Waals surface area contributed by atoms with Crippen LogP contribution in [0.4, 0.5) is 0 Å². The van der Waals surface area contributed by atoms with Crippen LogP contribution >= 0.6 is 0 Å². The molecule has 0 spiro atoms. The van der Waals surface area contributed by atoms with Gasteiger partial charge < -0.3 is 0 Å². The molecule has 2 saturated carbocycles. The van der Waals surface area contributed by atoms with Crippen LogP contribution in [-0.2, 0) is 4.79 Å². The first-order chi connectivity index (χ1) is 8.95. The zero-order valence-electron chi connectivity index (χ0n) is 13.4. The highest BCUT2D eigenvalue weighted by Crippen LogP contribution is 2.57. The summed E-state index contributed by atoms with van der Waals surface area (Å²) >= 11 is 0. The Kier molecular flexibility index (Phi) is 4.74. The van der Waals surface area contributed by atoms with E-state index >= 15 is 0 Å². The molecule has 1 heteroatoms. The molecule has 0 aromatic carbocycles. The molecule has 0 heterocycles. The molecule has 0 aromatic heterocycles. The van der Waals surface area contributed by atoms with Crippen LogP contribution in [0.2, 0.25) is 0 Å². The molecule has 19 heavy (non-hydrogen) atoms. The zero-order valence-corrected chi connectivity index (χ0v) is 13.4. The van der Waals surface area contributed by atoms with Crippen molar-refractivity contribution < 1.29 is 4.79 Å². The first-order valence-electron chi connectivity index (χ1n) is 8.48. The van der Waals surface area contributed by atoms with Crippen molar-refractivity contribution in [3.8, 4) is 0 Å². The van der Waals surface area contributed by atoms with E-state index in [2.05, 4.69) is 27.7 Å². The Hall–Kier alpha value is -0.330. The van der Waals surface area contributed by atoms with E-state index in [0.29, 0.717) is 17.1 Å². The summed E-state index contributed by atoms with van der Waals surface area (Å²) in [5.74, 6) is 3.41. The Balaban J connectivity index is 1.95. The zero-order chi connectivity index (χ0) is 14.0. The van der Waals surface area contributed by atoms with Crippen molar-refractivity contribution in [2.45, 2.75) is 79.1 Å². The maximum absolute atomic E-state index is 12.2. The molecule has 0 aromatic rings. The van der Waals surface area contributed by atoms with Gasteiger partial charge in [0.1, 0.15) is 5.78 Å². The molecule has 110 valence electrons. The third-order valence-corrected chi connectivity index (χ3v) is 6.06. The quantitative estimate of drug-likeness (QED) is 0.664. The second-order valence-corrected chi connectivity index (χ2v) is 7.86. The van der Waals surface area contributed by atoms with Gasteiger partial charge in [0, 0.05) is 12.3 Å². The van der Waals surface area contributed by atoms with E-state index in [9.17, 15) is 4.79 Å². The van der Waals surface area contributed by atoms with Crippen LogP contribution < -0.4 is 0 Å². The molecule has 2 aliphatic carbocycles. The first-order valence-corrected chi connectivity index (χ1v) is 8.48. The number of carbonyl (C=O) groups excluding carboxylic acids is 1. The van der Waals surface area contributed by atoms with E-state index < -0.39 is 0 Å². The highest BCUT2D eigenvalue weighted by atomic mass is 16.1. The molecule has 1 nitrogen and oxygen atoms in total. The predicted octanol–water partition coefficient (Wildman–Crippen LogP) is 5.23. The highest BCUT2D eigenvalue weighted by molar-refractivity contribution is 5.83. The summed E-state index contributed by atoms with van der Waals surface area (Å²) in [4.78, 5) is 12.2. The summed E-state index contributed by atoms with van der Waals surface area (Å²) in [6, 6.07) is 0. The van der Waals surface area contributed by atoms with Gasteiger partial charge in [0.05, 0.1) is 0 Å². The molecular weight excluding hydrogens is 232 g/mol. The van der Waals surface area contributed by atoms with Crippen molar-refractivity contribution in [1.82, 2.24) is 0 Å². The SMILES string of the molecule is CC(C)CCCC(C)C1CCC2C(=O)CCCC21C. The van der Waals surface area contributed by atoms with Gasteiger partial charge in [0.2, 0.25) is 0 Å². The largest absolute Gasteiger partial charge is 0.299 e. The molecule has 4 unspecified atom stereocenters. The van der Waals surface area contributed by atoms with Crippen LogP contribution in [0.25, 0.3) is 0 Å². The third-order valence-electron chi connectivity index (χ3n) is 6.06. The smallest absolute Gasteiger partial charge is 0.136 e. The van der Waals surface area contributed by atoms with Crippen molar-refractivity contribution in [2.24, 2.45) is 29.1 Å². The Morgan fingerprint density at radius 1 is 1.21 bits per heavy atom. The van der Waals surface area contributed by atoms with Gasteiger partial charge in [-0.05, 0) is 48.9 Å². The van der Waals surface area contributed by atoms with Crippen LogP contribution in [0.1, 0.15) is 79.1 Å². The Morgan fingerprint density at radius 3 is 2.63 bits per heavy atom. The van der Waals surface area contributed by atoms with Gasteiger partial charge in [-0.15, -0.1) is 0 Å². The van der Waals surface area contributed by atoms with Crippen LogP contribution in [0.15, 0.2) is 0 Å². The monoisotopic (exact) mass is 264 g/mol. The predicted molar refractivity (Wildman–Crippen MR) is 81.0 cm³/mol. The molecule has 2 aliphatic rings. The number of hydrogen-bond donors (Lipinski definition) is 0. The van der Waals surface area contributed by atoms with Crippen molar-refractivity contribution in [1.29, 1.82) is 0 Å². The first kappa shape index (κ1) is 15.1. The lowest BCUT2D eigenvalue weighted by molar-refractivity contribution is -0.130. The van der Waals surface area contributed by atoms with Crippen molar-refractivity contribution in [3.63, 3.8) is 0 Å². The number of fused-ring (bicyclic) bond motifs is 1. The lowest BCUT2D eigenvalue weighted by Gasteiger charge is -2.42. The normalized spacial score (nSPS) is 36.6. The minimum atomic E-state index is 0.340. The Morgan fingerprint density at radius 2 is 1.95 bits per heavy atom. The van der Waals surface area contributed by atoms with E-state index in [4.69, 9.17) is 0 Å². The van der Waals surface area contributed by atoms with Crippen molar-refractivity contribution >= 4 is 5.78 Å². The minimum absolute atomic E-state index is 0.340. The summed E-state index contributed by atoms with van der Waals surface area (Å²) in [6.07, 6.45) is 9.85. The molecule has 2 fully saturated rings. The number of hydrogen-bond acceptors (Lipinski definition) is 1. The fourth-order valence-electron chi connectivity index (χ4n) is 4.95. The molecule has 0 amide bonds. The summed E-state index contributed by atoms with van der Waals surface area (Å²) in [7, 11) is 0. The number of Topliss-reactive ketones (excluding diaryl/α,β-unsaturated/α-hetero) is 1. The molecular formula is C18H32O. The summed E-state index contributed by atoms with van der Waals surface area (Å²) < 4.78 is 0. The van der Waals surface area contributed by atoms with E-state index in [0.717, 1.165) is 30.6 Å². The van der Waals surface area contributed by atoms with Gasteiger partial charge in [-0.3, -0.25) is 4.79 Å². The van der Waals surface area contributed by atoms with E-state index in [1.807, 2.05) is 0 Å². The van der Waals surface area contributed by atoms with Crippen LogP contribution in [0.5, 0.6) is 0 Å². The average Bonchev–Trinajstić information content (AvgIpc) is 2.67. The lowest BCUT2D eigenvalue weighted by Crippen LogP contribution is -2.39.